The molecule has 0 spiro atoms. The van der Waals surface area contributed by atoms with Gasteiger partial charge in [-0.05, 0) is 49.3 Å². The summed E-state index contributed by atoms with van der Waals surface area (Å²) in [5.74, 6) is 1.71. The number of nitrogens with two attached hydrogens (primary N) is 1. The van der Waals surface area contributed by atoms with Gasteiger partial charge in [-0.3, -0.25) is 0 Å². The van der Waals surface area contributed by atoms with Crippen molar-refractivity contribution in [2.75, 3.05) is 7.11 Å². The lowest BCUT2D eigenvalue weighted by Crippen LogP contribution is -2.44. The maximum atomic E-state index is 6.53. The maximum Gasteiger partial charge on any atom is 0.118 e. The van der Waals surface area contributed by atoms with E-state index in [2.05, 4.69) is 19.1 Å². The fraction of sp³-hybridized carbons (Fsp3) is 0.625. The first-order valence-electron chi connectivity index (χ1n) is 7.03. The summed E-state index contributed by atoms with van der Waals surface area (Å²) in [5.41, 5.74) is 7.96. The molecule has 2 heteroatoms. The molecule has 0 amide bonds. The van der Waals surface area contributed by atoms with Crippen LogP contribution in [0.2, 0.25) is 0 Å². The van der Waals surface area contributed by atoms with Crippen LogP contribution in [0.15, 0.2) is 24.3 Å². The van der Waals surface area contributed by atoms with Gasteiger partial charge >= 0.3 is 0 Å². The van der Waals surface area contributed by atoms with Crippen LogP contribution < -0.4 is 10.5 Å². The Morgan fingerprint density at radius 3 is 2.67 bits per heavy atom. The third-order valence-corrected chi connectivity index (χ3v) is 4.20. The van der Waals surface area contributed by atoms with E-state index in [9.17, 15) is 0 Å². The molecule has 0 radical (unpaired) electrons. The van der Waals surface area contributed by atoms with Crippen LogP contribution >= 0.6 is 0 Å². The molecular weight excluding hydrogens is 222 g/mol. The zero-order valence-electron chi connectivity index (χ0n) is 11.6. The molecule has 1 aliphatic carbocycles. The summed E-state index contributed by atoms with van der Waals surface area (Å²) in [6.45, 7) is 2.33. The van der Waals surface area contributed by atoms with Gasteiger partial charge in [0, 0.05) is 5.54 Å². The first-order chi connectivity index (χ1) is 8.61. The number of hydrogen-bond donors (Lipinski definition) is 1. The highest BCUT2D eigenvalue weighted by molar-refractivity contribution is 5.27. The van der Waals surface area contributed by atoms with Crippen molar-refractivity contribution < 1.29 is 4.74 Å². The summed E-state index contributed by atoms with van der Waals surface area (Å²) in [6.07, 6.45) is 7.19. The van der Waals surface area contributed by atoms with Crippen LogP contribution in [0.5, 0.6) is 5.75 Å². The fourth-order valence-electron chi connectivity index (χ4n) is 3.11. The smallest absolute Gasteiger partial charge is 0.118 e. The highest BCUT2D eigenvalue weighted by Crippen LogP contribution is 2.33. The highest BCUT2D eigenvalue weighted by atomic mass is 16.5. The second-order valence-electron chi connectivity index (χ2n) is 5.91. The summed E-state index contributed by atoms with van der Waals surface area (Å²) in [6, 6.07) is 8.35. The number of ether oxygens (including phenoxy) is 1. The van der Waals surface area contributed by atoms with Gasteiger partial charge in [-0.25, -0.2) is 0 Å². The third kappa shape index (κ3) is 3.49. The van der Waals surface area contributed by atoms with E-state index in [1.165, 1.54) is 31.2 Å². The van der Waals surface area contributed by atoms with E-state index in [0.717, 1.165) is 24.5 Å². The molecule has 1 fully saturated rings. The average Bonchev–Trinajstić information content (AvgIpc) is 2.37. The molecule has 0 saturated heterocycles. The van der Waals surface area contributed by atoms with Gasteiger partial charge in [0.05, 0.1) is 7.11 Å². The third-order valence-electron chi connectivity index (χ3n) is 4.20. The van der Waals surface area contributed by atoms with Gasteiger partial charge in [0.2, 0.25) is 0 Å². The Balaban J connectivity index is 1.89. The summed E-state index contributed by atoms with van der Waals surface area (Å²) >= 11 is 0. The van der Waals surface area contributed by atoms with Gasteiger partial charge in [-0.15, -0.1) is 0 Å². The van der Waals surface area contributed by atoms with Crippen molar-refractivity contribution >= 4 is 0 Å². The van der Waals surface area contributed by atoms with Crippen molar-refractivity contribution in [3.63, 3.8) is 0 Å². The van der Waals surface area contributed by atoms with E-state index < -0.39 is 0 Å². The van der Waals surface area contributed by atoms with E-state index in [1.54, 1.807) is 7.11 Å². The molecule has 2 rings (SSSR count). The lowest BCUT2D eigenvalue weighted by Gasteiger charge is -2.37. The molecule has 2 nitrogen and oxygen atoms in total. The molecule has 2 atom stereocenters. The molecule has 2 N–H and O–H groups in total. The summed E-state index contributed by atoms with van der Waals surface area (Å²) < 4.78 is 5.17. The lowest BCUT2D eigenvalue weighted by atomic mass is 9.74. The second kappa shape index (κ2) is 5.75. The van der Waals surface area contributed by atoms with Crippen LogP contribution in [0.3, 0.4) is 0 Å². The maximum absolute atomic E-state index is 6.53. The molecule has 18 heavy (non-hydrogen) atoms. The normalized spacial score (nSPS) is 28.1. The Hall–Kier alpha value is -1.02. The minimum Gasteiger partial charge on any atom is -0.497 e. The zero-order valence-corrected chi connectivity index (χ0v) is 11.6. The van der Waals surface area contributed by atoms with Crippen LogP contribution in [0, 0.1) is 5.92 Å². The molecule has 1 aliphatic rings. The Bertz CT molecular complexity index is 373. The topological polar surface area (TPSA) is 35.2 Å². The number of aryl methyl sites for hydroxylation is 1. The quantitative estimate of drug-likeness (QED) is 0.883. The predicted molar refractivity (Wildman–Crippen MR) is 75.9 cm³/mol. The lowest BCUT2D eigenvalue weighted by molar-refractivity contribution is 0.224. The summed E-state index contributed by atoms with van der Waals surface area (Å²) in [5, 5.41) is 0. The van der Waals surface area contributed by atoms with Gasteiger partial charge in [-0.2, -0.15) is 0 Å². The van der Waals surface area contributed by atoms with E-state index in [0.29, 0.717) is 0 Å². The van der Waals surface area contributed by atoms with E-state index in [4.69, 9.17) is 10.5 Å². The fourth-order valence-corrected chi connectivity index (χ4v) is 3.11. The van der Waals surface area contributed by atoms with Crippen molar-refractivity contribution in [1.82, 2.24) is 0 Å². The van der Waals surface area contributed by atoms with Crippen LogP contribution in [0.1, 0.15) is 44.6 Å². The van der Waals surface area contributed by atoms with Crippen molar-refractivity contribution in [2.24, 2.45) is 11.7 Å². The Kier molecular flexibility index (Phi) is 4.28. The number of hydrogen-bond acceptors (Lipinski definition) is 2. The number of methoxy groups -OCH3 is 1. The van der Waals surface area contributed by atoms with E-state index in [-0.39, 0.29) is 5.54 Å². The molecule has 1 aromatic carbocycles. The average molecular weight is 247 g/mol. The Morgan fingerprint density at radius 1 is 1.33 bits per heavy atom. The standard InChI is InChI=1S/C16H25NO/c1-13-4-3-10-16(17,12-13)11-9-14-5-7-15(18-2)8-6-14/h5-8,13H,3-4,9-12,17H2,1-2H3. The van der Waals surface area contributed by atoms with E-state index >= 15 is 0 Å². The SMILES string of the molecule is COc1ccc(CCC2(N)CCCC(C)C2)cc1. The van der Waals surface area contributed by atoms with Crippen LogP contribution in [-0.4, -0.2) is 12.6 Å². The second-order valence-corrected chi connectivity index (χ2v) is 5.91. The minimum absolute atomic E-state index is 0.0671. The van der Waals surface area contributed by atoms with Gasteiger partial charge in [0.25, 0.3) is 0 Å². The first kappa shape index (κ1) is 13.4. The molecule has 0 heterocycles. The Morgan fingerprint density at radius 2 is 2.06 bits per heavy atom. The summed E-state index contributed by atoms with van der Waals surface area (Å²) in [7, 11) is 1.70. The highest BCUT2D eigenvalue weighted by Gasteiger charge is 2.30. The van der Waals surface area contributed by atoms with Gasteiger partial charge in [-0.1, -0.05) is 31.9 Å². The van der Waals surface area contributed by atoms with Crippen molar-refractivity contribution in [3.05, 3.63) is 29.8 Å². The summed E-state index contributed by atoms with van der Waals surface area (Å²) in [4.78, 5) is 0. The van der Waals surface area contributed by atoms with Crippen molar-refractivity contribution in [2.45, 2.75) is 51.0 Å². The first-order valence-corrected chi connectivity index (χ1v) is 7.03. The monoisotopic (exact) mass is 247 g/mol. The zero-order chi connectivity index (χ0) is 13.0. The molecule has 1 saturated carbocycles. The number of benzene rings is 1. The van der Waals surface area contributed by atoms with Crippen LogP contribution in [-0.2, 0) is 6.42 Å². The minimum atomic E-state index is 0.0671. The predicted octanol–water partition coefficient (Wildman–Crippen LogP) is 3.54. The molecule has 2 unspecified atom stereocenters. The molecular formula is C16H25NO. The number of rotatable bonds is 4. The molecule has 100 valence electrons. The van der Waals surface area contributed by atoms with Crippen molar-refractivity contribution in [1.29, 1.82) is 0 Å². The van der Waals surface area contributed by atoms with Gasteiger partial charge < -0.3 is 10.5 Å². The molecule has 0 bridgehead atoms. The molecule has 1 aromatic rings. The van der Waals surface area contributed by atoms with Gasteiger partial charge in [0.15, 0.2) is 0 Å². The Labute approximate surface area is 111 Å². The van der Waals surface area contributed by atoms with Crippen molar-refractivity contribution in [3.8, 4) is 5.75 Å². The molecule has 0 aromatic heterocycles. The van der Waals surface area contributed by atoms with Crippen LogP contribution in [0.4, 0.5) is 0 Å². The molecule has 0 aliphatic heterocycles. The largest absolute Gasteiger partial charge is 0.497 e. The van der Waals surface area contributed by atoms with Gasteiger partial charge in [0.1, 0.15) is 5.75 Å². The van der Waals surface area contributed by atoms with E-state index in [1.807, 2.05) is 12.1 Å². The van der Waals surface area contributed by atoms with Crippen LogP contribution in [0.25, 0.3) is 0 Å².